The average Bonchev–Trinajstić information content (AvgIpc) is 2.98. The number of ether oxygens (including phenoxy) is 2. The number of hydrogen-bond acceptors (Lipinski definition) is 5. The zero-order chi connectivity index (χ0) is 19.4. The molecule has 2 aromatic rings. The van der Waals surface area contributed by atoms with Gasteiger partial charge in [0.25, 0.3) is 0 Å². The van der Waals surface area contributed by atoms with Crippen LogP contribution in [0, 0.1) is 17.4 Å². The number of thiazole rings is 1. The largest absolute Gasteiger partial charge is 0.496 e. The van der Waals surface area contributed by atoms with Crippen LogP contribution in [0.5, 0.6) is 5.75 Å². The molecule has 0 unspecified atom stereocenters. The van der Waals surface area contributed by atoms with Gasteiger partial charge in [-0.15, -0.1) is 0 Å². The van der Waals surface area contributed by atoms with Gasteiger partial charge in [0.05, 0.1) is 30.8 Å². The standard InChI is InChI=1S/C19H21ClN4O2S/c1-12(2)9-24-15-6-7-26-10-17(15)27-19(24)23-18(22-11-21)14-8-13(20)4-5-16(14)25-3/h4-5,8,12H,6-7,9-10H2,1-3H3/b22-18?,23-19-. The summed E-state index contributed by atoms with van der Waals surface area (Å²) >= 11 is 7.73. The number of halogens is 1. The molecule has 6 nitrogen and oxygen atoms in total. The monoisotopic (exact) mass is 404 g/mol. The highest BCUT2D eigenvalue weighted by atomic mass is 35.5. The van der Waals surface area contributed by atoms with Gasteiger partial charge in [0, 0.05) is 23.7 Å². The minimum atomic E-state index is 0.286. The van der Waals surface area contributed by atoms with Crippen LogP contribution in [0.2, 0.25) is 5.02 Å². The minimum Gasteiger partial charge on any atom is -0.496 e. The molecule has 0 radical (unpaired) electrons. The zero-order valence-corrected chi connectivity index (χ0v) is 17.1. The fourth-order valence-electron chi connectivity index (χ4n) is 2.99. The maximum Gasteiger partial charge on any atom is 0.207 e. The summed E-state index contributed by atoms with van der Waals surface area (Å²) < 4.78 is 13.2. The molecule has 0 bridgehead atoms. The van der Waals surface area contributed by atoms with E-state index in [4.69, 9.17) is 26.1 Å². The molecular weight excluding hydrogens is 384 g/mol. The van der Waals surface area contributed by atoms with Gasteiger partial charge in [0.1, 0.15) is 5.75 Å². The Bertz CT molecular complexity index is 969. The zero-order valence-electron chi connectivity index (χ0n) is 15.5. The van der Waals surface area contributed by atoms with Gasteiger partial charge in [-0.1, -0.05) is 36.8 Å². The van der Waals surface area contributed by atoms with Crippen molar-refractivity contribution in [1.29, 1.82) is 5.26 Å². The van der Waals surface area contributed by atoms with Crippen LogP contribution < -0.4 is 9.54 Å². The van der Waals surface area contributed by atoms with Crippen molar-refractivity contribution in [3.63, 3.8) is 0 Å². The highest BCUT2D eigenvalue weighted by Gasteiger charge is 2.19. The molecule has 0 aliphatic carbocycles. The van der Waals surface area contributed by atoms with Gasteiger partial charge in [0.15, 0.2) is 10.6 Å². The van der Waals surface area contributed by atoms with Gasteiger partial charge < -0.3 is 14.0 Å². The van der Waals surface area contributed by atoms with Crippen LogP contribution in [0.4, 0.5) is 0 Å². The lowest BCUT2D eigenvalue weighted by molar-refractivity contribution is 0.110. The smallest absolute Gasteiger partial charge is 0.207 e. The van der Waals surface area contributed by atoms with E-state index in [0.29, 0.717) is 35.5 Å². The Labute approximate surface area is 167 Å². The molecule has 27 heavy (non-hydrogen) atoms. The molecule has 1 aromatic carbocycles. The number of benzene rings is 1. The summed E-state index contributed by atoms with van der Waals surface area (Å²) in [4.78, 5) is 10.7. The van der Waals surface area contributed by atoms with Crippen LogP contribution in [-0.2, 0) is 24.3 Å². The van der Waals surface area contributed by atoms with Crippen LogP contribution in [0.25, 0.3) is 0 Å². The van der Waals surface area contributed by atoms with Crippen LogP contribution in [-0.4, -0.2) is 24.1 Å². The Morgan fingerprint density at radius 2 is 2.30 bits per heavy atom. The van der Waals surface area contributed by atoms with Crippen molar-refractivity contribution in [2.24, 2.45) is 15.9 Å². The van der Waals surface area contributed by atoms with Crippen molar-refractivity contribution in [1.82, 2.24) is 4.57 Å². The number of rotatable bonds is 4. The van der Waals surface area contributed by atoms with Crippen molar-refractivity contribution in [2.45, 2.75) is 33.4 Å². The third-order valence-corrected chi connectivity index (χ3v) is 5.45. The summed E-state index contributed by atoms with van der Waals surface area (Å²) in [5.41, 5.74) is 1.85. The third-order valence-electron chi connectivity index (χ3n) is 4.12. The topological polar surface area (TPSA) is 71.9 Å². The normalized spacial score (nSPS) is 15.0. The second-order valence-corrected chi connectivity index (χ2v) is 8.05. The maximum absolute atomic E-state index is 9.19. The van der Waals surface area contributed by atoms with Crippen molar-refractivity contribution < 1.29 is 9.47 Å². The number of nitrogens with zero attached hydrogens (tertiary/aromatic N) is 4. The van der Waals surface area contributed by atoms with Gasteiger partial charge in [-0.05, 0) is 24.1 Å². The average molecular weight is 405 g/mol. The van der Waals surface area contributed by atoms with E-state index in [2.05, 4.69) is 23.4 Å². The molecule has 0 saturated carbocycles. The molecule has 0 atom stereocenters. The lowest BCUT2D eigenvalue weighted by Crippen LogP contribution is -2.24. The second-order valence-electron chi connectivity index (χ2n) is 6.55. The van der Waals surface area contributed by atoms with Gasteiger partial charge in [0.2, 0.25) is 6.19 Å². The first-order chi connectivity index (χ1) is 13.0. The first-order valence-corrected chi connectivity index (χ1v) is 9.87. The van der Waals surface area contributed by atoms with Crippen molar-refractivity contribution >= 4 is 28.8 Å². The fourth-order valence-corrected chi connectivity index (χ4v) is 4.28. The van der Waals surface area contributed by atoms with Crippen LogP contribution in [0.15, 0.2) is 28.2 Å². The second kappa shape index (κ2) is 8.70. The van der Waals surface area contributed by atoms with Crippen molar-refractivity contribution in [3.8, 4) is 11.9 Å². The van der Waals surface area contributed by atoms with E-state index in [1.54, 1.807) is 36.6 Å². The van der Waals surface area contributed by atoms with E-state index in [9.17, 15) is 5.26 Å². The molecule has 3 rings (SSSR count). The Balaban J connectivity index is 2.19. The SMILES string of the molecule is COc1ccc(Cl)cc1C(=NC#N)/N=c1\sc2c(n1CC(C)C)CCOC2. The summed E-state index contributed by atoms with van der Waals surface area (Å²) in [5, 5.41) is 9.72. The maximum atomic E-state index is 9.19. The highest BCUT2D eigenvalue weighted by molar-refractivity contribution is 7.09. The number of aromatic nitrogens is 1. The first-order valence-electron chi connectivity index (χ1n) is 8.68. The minimum absolute atomic E-state index is 0.286. The number of amidine groups is 1. The Hall–Kier alpha value is -2.14. The quantitative estimate of drug-likeness (QED) is 0.442. The molecule has 0 N–H and O–H groups in total. The van der Waals surface area contributed by atoms with E-state index in [1.807, 2.05) is 6.19 Å². The van der Waals surface area contributed by atoms with Crippen LogP contribution in [0.1, 0.15) is 30.0 Å². The molecule has 1 aliphatic rings. The van der Waals surface area contributed by atoms with E-state index in [1.165, 1.54) is 10.6 Å². The van der Waals surface area contributed by atoms with Gasteiger partial charge in [-0.25, -0.2) is 0 Å². The Kier molecular flexibility index (Phi) is 6.32. The van der Waals surface area contributed by atoms with Crippen molar-refractivity contribution in [3.05, 3.63) is 44.2 Å². The number of methoxy groups -OCH3 is 1. The van der Waals surface area contributed by atoms with Crippen molar-refractivity contribution in [2.75, 3.05) is 13.7 Å². The van der Waals surface area contributed by atoms with E-state index >= 15 is 0 Å². The number of hydrogen-bond donors (Lipinski definition) is 0. The predicted octanol–water partition coefficient (Wildman–Crippen LogP) is 3.77. The summed E-state index contributed by atoms with van der Waals surface area (Å²) in [5.74, 6) is 1.31. The molecule has 1 aromatic heterocycles. The molecule has 8 heteroatoms. The highest BCUT2D eigenvalue weighted by Crippen LogP contribution is 2.25. The molecule has 0 saturated heterocycles. The van der Waals surface area contributed by atoms with Gasteiger partial charge in [-0.2, -0.15) is 15.2 Å². The summed E-state index contributed by atoms with van der Waals surface area (Å²) in [6, 6.07) is 5.19. The summed E-state index contributed by atoms with van der Waals surface area (Å²) in [6.45, 7) is 6.49. The first kappa shape index (κ1) is 19.6. The molecule has 142 valence electrons. The lowest BCUT2D eigenvalue weighted by Gasteiger charge is -2.16. The Morgan fingerprint density at radius 1 is 1.48 bits per heavy atom. The molecule has 1 aliphatic heterocycles. The summed E-state index contributed by atoms with van der Waals surface area (Å²) in [7, 11) is 1.57. The van der Waals surface area contributed by atoms with Gasteiger partial charge >= 0.3 is 0 Å². The fraction of sp³-hybridized carbons (Fsp3) is 0.421. The van der Waals surface area contributed by atoms with E-state index in [0.717, 1.165) is 17.8 Å². The van der Waals surface area contributed by atoms with Crippen LogP contribution in [0.3, 0.4) is 0 Å². The Morgan fingerprint density at radius 3 is 3.00 bits per heavy atom. The molecule has 0 spiro atoms. The third kappa shape index (κ3) is 4.41. The van der Waals surface area contributed by atoms with Gasteiger partial charge in [-0.3, -0.25) is 0 Å². The predicted molar refractivity (Wildman–Crippen MR) is 106 cm³/mol. The van der Waals surface area contributed by atoms with Crippen LogP contribution >= 0.6 is 22.9 Å². The van der Waals surface area contributed by atoms with E-state index in [-0.39, 0.29) is 5.84 Å². The summed E-state index contributed by atoms with van der Waals surface area (Å²) in [6.07, 6.45) is 2.71. The molecule has 2 heterocycles. The van der Waals surface area contributed by atoms with E-state index < -0.39 is 0 Å². The number of nitriles is 1. The number of aliphatic imine (C=N–C) groups is 1. The molecule has 0 amide bonds. The number of fused-ring (bicyclic) bond motifs is 1. The molecule has 0 fully saturated rings. The molecular formula is C19H21ClN4O2S. The lowest BCUT2D eigenvalue weighted by atomic mass is 10.2.